The van der Waals surface area contributed by atoms with Crippen molar-refractivity contribution in [3.05, 3.63) is 0 Å². The third kappa shape index (κ3) is 3.56. The van der Waals surface area contributed by atoms with Gasteiger partial charge in [0.05, 0.1) is 12.7 Å². The molecule has 0 aromatic rings. The van der Waals surface area contributed by atoms with Crippen LogP contribution in [0.2, 0.25) is 0 Å². The minimum absolute atomic E-state index is 0.0629. The van der Waals surface area contributed by atoms with Gasteiger partial charge in [0.25, 0.3) is 0 Å². The van der Waals surface area contributed by atoms with Gasteiger partial charge in [-0.2, -0.15) is 0 Å². The summed E-state index contributed by atoms with van der Waals surface area (Å²) in [5.41, 5.74) is 0. The van der Waals surface area contributed by atoms with Crippen LogP contribution < -0.4 is 0 Å². The van der Waals surface area contributed by atoms with E-state index in [-0.39, 0.29) is 6.10 Å². The SMILES string of the molecule is CCC(CC)N1CC(OC2OC(CO)[C@H](O)[C@H](O)C2O)C1. The van der Waals surface area contributed by atoms with E-state index >= 15 is 0 Å². The van der Waals surface area contributed by atoms with Gasteiger partial charge < -0.3 is 29.9 Å². The second-order valence-electron chi connectivity index (χ2n) is 5.88. The smallest absolute Gasteiger partial charge is 0.187 e. The Balaban J connectivity index is 1.83. The molecule has 0 aromatic carbocycles. The molecule has 3 unspecified atom stereocenters. The van der Waals surface area contributed by atoms with Crippen molar-refractivity contribution < 1.29 is 29.9 Å². The van der Waals surface area contributed by atoms with Crippen molar-refractivity contribution in [3.63, 3.8) is 0 Å². The molecule has 0 spiro atoms. The predicted molar refractivity (Wildman–Crippen MR) is 74.6 cm³/mol. The first-order valence-corrected chi connectivity index (χ1v) is 7.71. The van der Waals surface area contributed by atoms with Crippen molar-refractivity contribution in [2.24, 2.45) is 0 Å². The summed E-state index contributed by atoms with van der Waals surface area (Å²) in [5.74, 6) is 0. The molecule has 2 saturated heterocycles. The van der Waals surface area contributed by atoms with E-state index in [0.29, 0.717) is 6.04 Å². The Morgan fingerprint density at radius 1 is 1.10 bits per heavy atom. The van der Waals surface area contributed by atoms with Gasteiger partial charge >= 0.3 is 0 Å². The maximum Gasteiger partial charge on any atom is 0.187 e. The average molecular weight is 305 g/mol. The van der Waals surface area contributed by atoms with E-state index in [1.165, 1.54) is 0 Å². The first-order valence-electron chi connectivity index (χ1n) is 7.71. The lowest BCUT2D eigenvalue weighted by Gasteiger charge is -2.47. The fourth-order valence-corrected chi connectivity index (χ4v) is 3.03. The molecule has 124 valence electrons. The Kier molecular flexibility index (Phi) is 5.96. The van der Waals surface area contributed by atoms with Gasteiger partial charge in [-0.15, -0.1) is 0 Å². The Labute approximate surface area is 125 Å². The highest BCUT2D eigenvalue weighted by molar-refractivity contribution is 4.91. The van der Waals surface area contributed by atoms with Crippen molar-refractivity contribution in [2.45, 2.75) is 69.5 Å². The van der Waals surface area contributed by atoms with Crippen molar-refractivity contribution in [2.75, 3.05) is 19.7 Å². The molecule has 0 amide bonds. The van der Waals surface area contributed by atoms with Gasteiger partial charge in [0, 0.05) is 19.1 Å². The largest absolute Gasteiger partial charge is 0.394 e. The summed E-state index contributed by atoms with van der Waals surface area (Å²) in [6, 6.07) is 0.541. The van der Waals surface area contributed by atoms with Crippen LogP contribution in [0.4, 0.5) is 0 Å². The highest BCUT2D eigenvalue weighted by atomic mass is 16.7. The zero-order valence-electron chi connectivity index (χ0n) is 12.6. The zero-order valence-corrected chi connectivity index (χ0v) is 12.6. The lowest BCUT2D eigenvalue weighted by molar-refractivity contribution is -0.320. The molecule has 7 nitrogen and oxygen atoms in total. The Morgan fingerprint density at radius 3 is 2.24 bits per heavy atom. The van der Waals surface area contributed by atoms with E-state index in [1.807, 2.05) is 0 Å². The number of aliphatic hydroxyl groups is 4. The molecule has 0 bridgehead atoms. The topological polar surface area (TPSA) is 103 Å². The van der Waals surface area contributed by atoms with Gasteiger partial charge in [-0.05, 0) is 12.8 Å². The molecule has 2 rings (SSSR count). The highest BCUT2D eigenvalue weighted by Gasteiger charge is 2.46. The molecule has 0 radical (unpaired) electrons. The number of rotatable bonds is 6. The van der Waals surface area contributed by atoms with Crippen LogP contribution in [0.5, 0.6) is 0 Å². The number of aliphatic hydroxyl groups excluding tert-OH is 4. The summed E-state index contributed by atoms with van der Waals surface area (Å²) in [5, 5.41) is 38.4. The average Bonchev–Trinajstić information content (AvgIpc) is 2.45. The minimum Gasteiger partial charge on any atom is -0.394 e. The molecule has 4 N–H and O–H groups in total. The standard InChI is InChI=1S/C14H27NO6/c1-3-8(4-2)15-5-9(6-15)20-14-13(19)12(18)11(17)10(7-16)21-14/h8-14,16-19H,3-7H2,1-2H3/t10?,11-,12-,13?,14?/m0/s1. The number of nitrogens with zero attached hydrogens (tertiary/aromatic N) is 1. The van der Waals surface area contributed by atoms with Crippen molar-refractivity contribution in [3.8, 4) is 0 Å². The first kappa shape index (κ1) is 17.1. The van der Waals surface area contributed by atoms with Gasteiger partial charge in [-0.3, -0.25) is 4.90 Å². The van der Waals surface area contributed by atoms with Crippen LogP contribution in [0.1, 0.15) is 26.7 Å². The summed E-state index contributed by atoms with van der Waals surface area (Å²) in [7, 11) is 0. The van der Waals surface area contributed by atoms with E-state index in [1.54, 1.807) is 0 Å². The second kappa shape index (κ2) is 7.32. The summed E-state index contributed by atoms with van der Waals surface area (Å²) < 4.78 is 11.0. The number of ether oxygens (including phenoxy) is 2. The van der Waals surface area contributed by atoms with Crippen molar-refractivity contribution in [1.29, 1.82) is 0 Å². The number of likely N-dealkylation sites (tertiary alicyclic amines) is 1. The van der Waals surface area contributed by atoms with E-state index < -0.39 is 37.3 Å². The molecule has 5 atom stereocenters. The van der Waals surface area contributed by atoms with Gasteiger partial charge in [-0.25, -0.2) is 0 Å². The van der Waals surface area contributed by atoms with E-state index in [9.17, 15) is 15.3 Å². The van der Waals surface area contributed by atoms with Crippen LogP contribution in [-0.2, 0) is 9.47 Å². The van der Waals surface area contributed by atoms with Gasteiger partial charge in [0.1, 0.15) is 24.4 Å². The Bertz CT molecular complexity index is 319. The molecule has 0 aliphatic carbocycles. The number of hydrogen-bond acceptors (Lipinski definition) is 7. The maximum atomic E-state index is 9.90. The fourth-order valence-electron chi connectivity index (χ4n) is 3.03. The summed E-state index contributed by atoms with van der Waals surface area (Å²) in [6.45, 7) is 5.40. The maximum absolute atomic E-state index is 9.90. The zero-order chi connectivity index (χ0) is 15.6. The molecule has 7 heteroatoms. The van der Waals surface area contributed by atoms with Crippen LogP contribution in [-0.4, -0.2) is 87.9 Å². The molecular formula is C14H27NO6. The van der Waals surface area contributed by atoms with Gasteiger partial charge in [-0.1, -0.05) is 13.8 Å². The van der Waals surface area contributed by atoms with Crippen LogP contribution in [0.25, 0.3) is 0 Å². The van der Waals surface area contributed by atoms with Gasteiger partial charge in [0.15, 0.2) is 6.29 Å². The summed E-state index contributed by atoms with van der Waals surface area (Å²) in [6.07, 6.45) is -3.86. The molecule has 2 fully saturated rings. The number of hydrogen-bond donors (Lipinski definition) is 4. The lowest BCUT2D eigenvalue weighted by Crippen LogP contribution is -2.63. The lowest BCUT2D eigenvalue weighted by atomic mass is 9.99. The van der Waals surface area contributed by atoms with E-state index in [2.05, 4.69) is 18.7 Å². The normalized spacial score (nSPS) is 38.7. The second-order valence-corrected chi connectivity index (χ2v) is 5.88. The van der Waals surface area contributed by atoms with Crippen LogP contribution in [0.15, 0.2) is 0 Å². The van der Waals surface area contributed by atoms with E-state index in [4.69, 9.17) is 14.6 Å². The van der Waals surface area contributed by atoms with Gasteiger partial charge in [0.2, 0.25) is 0 Å². The highest BCUT2D eigenvalue weighted by Crippen LogP contribution is 2.26. The third-order valence-corrected chi connectivity index (χ3v) is 4.51. The third-order valence-electron chi connectivity index (χ3n) is 4.51. The Hall–Kier alpha value is -0.280. The Morgan fingerprint density at radius 2 is 1.71 bits per heavy atom. The molecule has 2 heterocycles. The molecular weight excluding hydrogens is 278 g/mol. The summed E-state index contributed by atoms with van der Waals surface area (Å²) in [4.78, 5) is 2.31. The minimum atomic E-state index is -1.38. The monoisotopic (exact) mass is 305 g/mol. The quantitative estimate of drug-likeness (QED) is 0.482. The molecule has 2 aliphatic heterocycles. The van der Waals surface area contributed by atoms with Crippen molar-refractivity contribution in [1.82, 2.24) is 4.90 Å². The molecule has 0 saturated carbocycles. The predicted octanol–water partition coefficient (Wildman–Crippen LogP) is -1.32. The van der Waals surface area contributed by atoms with Crippen LogP contribution >= 0.6 is 0 Å². The van der Waals surface area contributed by atoms with Crippen LogP contribution in [0, 0.1) is 0 Å². The molecule has 0 aromatic heterocycles. The summed E-state index contributed by atoms with van der Waals surface area (Å²) >= 11 is 0. The fraction of sp³-hybridized carbons (Fsp3) is 1.00. The van der Waals surface area contributed by atoms with Crippen LogP contribution in [0.3, 0.4) is 0 Å². The molecule has 21 heavy (non-hydrogen) atoms. The first-order chi connectivity index (χ1) is 10.0. The molecule has 2 aliphatic rings. The van der Waals surface area contributed by atoms with E-state index in [0.717, 1.165) is 25.9 Å². The van der Waals surface area contributed by atoms with Crippen molar-refractivity contribution >= 4 is 0 Å².